The molecule has 0 saturated carbocycles. The lowest BCUT2D eigenvalue weighted by Gasteiger charge is -2.12. The Labute approximate surface area is 258 Å². The maximum absolute atomic E-state index is 14.2. The van der Waals surface area contributed by atoms with Crippen molar-refractivity contribution >= 4 is 21.8 Å². The second kappa shape index (κ2) is 11.0. The van der Waals surface area contributed by atoms with Crippen LogP contribution in [0.3, 0.4) is 0 Å². The SMILES string of the molecule is Fc1ccc2c(c1)c1cc(F)ccc1n2-c1ccc(-c2cccc(-c3cc(-c4ccccc4)nc(-c4ccccc4)n3)c2)cc1. The van der Waals surface area contributed by atoms with Gasteiger partial charge in [0.25, 0.3) is 0 Å². The summed E-state index contributed by atoms with van der Waals surface area (Å²) in [5, 5.41) is 1.35. The number of halogens is 2. The average Bonchev–Trinajstić information content (AvgIpc) is 3.41. The van der Waals surface area contributed by atoms with E-state index in [9.17, 15) is 8.78 Å². The van der Waals surface area contributed by atoms with Gasteiger partial charge in [0, 0.05) is 33.2 Å². The molecule has 0 fully saturated rings. The largest absolute Gasteiger partial charge is 0.309 e. The third-order valence-electron chi connectivity index (χ3n) is 8.13. The fraction of sp³-hybridized carbons (Fsp3) is 0. The van der Waals surface area contributed by atoms with Crippen LogP contribution in [-0.4, -0.2) is 14.5 Å². The van der Waals surface area contributed by atoms with Crippen LogP contribution in [0.2, 0.25) is 0 Å². The number of hydrogen-bond acceptors (Lipinski definition) is 2. The Kier molecular flexibility index (Phi) is 6.50. The monoisotopic (exact) mass is 585 g/mol. The second-order valence-corrected chi connectivity index (χ2v) is 11.0. The van der Waals surface area contributed by atoms with Crippen molar-refractivity contribution in [1.29, 1.82) is 0 Å². The first-order chi connectivity index (χ1) is 22.1. The van der Waals surface area contributed by atoms with Crippen LogP contribution in [0.25, 0.3) is 72.5 Å². The van der Waals surface area contributed by atoms with Gasteiger partial charge in [0.2, 0.25) is 0 Å². The lowest BCUT2D eigenvalue weighted by atomic mass is 10.0. The van der Waals surface area contributed by atoms with Gasteiger partial charge in [0.1, 0.15) is 11.6 Å². The summed E-state index contributed by atoms with van der Waals surface area (Å²) in [5.41, 5.74) is 9.30. The van der Waals surface area contributed by atoms with Crippen LogP contribution in [-0.2, 0) is 0 Å². The molecule has 2 heterocycles. The Balaban J connectivity index is 1.20. The fourth-order valence-electron chi connectivity index (χ4n) is 5.98. The van der Waals surface area contributed by atoms with Crippen molar-refractivity contribution in [2.45, 2.75) is 0 Å². The first-order valence-electron chi connectivity index (χ1n) is 14.7. The Morgan fingerprint density at radius 1 is 0.400 bits per heavy atom. The zero-order valence-corrected chi connectivity index (χ0v) is 24.0. The molecule has 8 rings (SSSR count). The van der Waals surface area contributed by atoms with Gasteiger partial charge in [-0.15, -0.1) is 0 Å². The van der Waals surface area contributed by atoms with Gasteiger partial charge in [-0.25, -0.2) is 18.7 Å². The second-order valence-electron chi connectivity index (χ2n) is 11.0. The van der Waals surface area contributed by atoms with E-state index in [-0.39, 0.29) is 11.6 Å². The summed E-state index contributed by atoms with van der Waals surface area (Å²) < 4.78 is 30.4. The molecule has 0 aliphatic rings. The molecule has 0 saturated heterocycles. The van der Waals surface area contributed by atoms with Gasteiger partial charge in [-0.3, -0.25) is 0 Å². The molecular weight excluding hydrogens is 560 g/mol. The highest BCUT2D eigenvalue weighted by atomic mass is 19.1. The van der Waals surface area contributed by atoms with Gasteiger partial charge >= 0.3 is 0 Å². The number of hydrogen-bond donors (Lipinski definition) is 0. The predicted octanol–water partition coefficient (Wildman–Crippen LogP) is 10.5. The first-order valence-corrected chi connectivity index (χ1v) is 14.7. The van der Waals surface area contributed by atoms with E-state index in [1.807, 2.05) is 77.4 Å². The summed E-state index contributed by atoms with van der Waals surface area (Å²) in [6, 6.07) is 48.1. The van der Waals surface area contributed by atoms with Gasteiger partial charge < -0.3 is 4.57 Å². The molecule has 0 aliphatic heterocycles. The van der Waals surface area contributed by atoms with Crippen molar-refractivity contribution in [3.05, 3.63) is 163 Å². The molecule has 0 spiro atoms. The van der Waals surface area contributed by atoms with Crippen molar-refractivity contribution in [3.63, 3.8) is 0 Å². The quantitative estimate of drug-likeness (QED) is 0.201. The van der Waals surface area contributed by atoms with Gasteiger partial charge in [0.05, 0.1) is 22.4 Å². The molecule has 45 heavy (non-hydrogen) atoms. The van der Waals surface area contributed by atoms with Crippen molar-refractivity contribution < 1.29 is 8.78 Å². The minimum Gasteiger partial charge on any atom is -0.309 e. The van der Waals surface area contributed by atoms with Crippen LogP contribution in [0.1, 0.15) is 0 Å². The zero-order chi connectivity index (χ0) is 30.3. The molecular formula is C40H25F2N3. The molecule has 0 unspecified atom stereocenters. The van der Waals surface area contributed by atoms with Gasteiger partial charge in [0.15, 0.2) is 5.82 Å². The number of fused-ring (bicyclic) bond motifs is 3. The van der Waals surface area contributed by atoms with Crippen LogP contribution in [0, 0.1) is 11.6 Å². The van der Waals surface area contributed by atoms with Gasteiger partial charge in [-0.1, -0.05) is 91.0 Å². The minimum atomic E-state index is -0.350. The highest BCUT2D eigenvalue weighted by Gasteiger charge is 2.15. The molecule has 214 valence electrons. The number of benzene rings is 6. The molecule has 0 N–H and O–H groups in total. The summed E-state index contributed by atoms with van der Waals surface area (Å²) >= 11 is 0. The lowest BCUT2D eigenvalue weighted by Crippen LogP contribution is -1.96. The highest BCUT2D eigenvalue weighted by Crippen LogP contribution is 2.35. The molecule has 8 aromatic rings. The lowest BCUT2D eigenvalue weighted by molar-refractivity contribution is 0.628. The maximum Gasteiger partial charge on any atom is 0.160 e. The average molecular weight is 586 g/mol. The Morgan fingerprint density at radius 2 is 0.933 bits per heavy atom. The van der Waals surface area contributed by atoms with E-state index in [4.69, 9.17) is 9.97 Å². The third kappa shape index (κ3) is 4.94. The molecule has 5 heteroatoms. The standard InChI is InChI=1S/C40H25F2N3/c41-31-16-20-38-34(23-31)35-24-32(42)17-21-39(35)45(38)33-18-14-26(15-19-33)29-12-7-13-30(22-29)37-25-36(27-8-3-1-4-9-27)43-40(44-37)28-10-5-2-6-11-28/h1-25H. The zero-order valence-electron chi connectivity index (χ0n) is 24.0. The summed E-state index contributed by atoms with van der Waals surface area (Å²) in [6.07, 6.45) is 0. The van der Waals surface area contributed by atoms with Gasteiger partial charge in [-0.05, 0) is 71.8 Å². The predicted molar refractivity (Wildman–Crippen MR) is 178 cm³/mol. The van der Waals surface area contributed by atoms with Crippen molar-refractivity contribution in [1.82, 2.24) is 14.5 Å². The molecule has 6 aromatic carbocycles. The summed E-state index contributed by atoms with van der Waals surface area (Å²) in [4.78, 5) is 9.90. The van der Waals surface area contributed by atoms with Crippen molar-refractivity contribution in [2.75, 3.05) is 0 Å². The van der Waals surface area contributed by atoms with Gasteiger partial charge in [-0.2, -0.15) is 0 Å². The van der Waals surface area contributed by atoms with E-state index in [0.717, 1.165) is 55.9 Å². The van der Waals surface area contributed by atoms with E-state index < -0.39 is 0 Å². The van der Waals surface area contributed by atoms with Crippen LogP contribution >= 0.6 is 0 Å². The molecule has 0 amide bonds. The van der Waals surface area contributed by atoms with Crippen LogP contribution in [0.4, 0.5) is 8.78 Å². The third-order valence-corrected chi connectivity index (χ3v) is 8.13. The summed E-state index contributed by atoms with van der Waals surface area (Å²) in [7, 11) is 0. The molecule has 2 aromatic heterocycles. The van der Waals surface area contributed by atoms with Crippen molar-refractivity contribution in [3.8, 4) is 50.7 Å². The first kappa shape index (κ1) is 26.7. The fourth-order valence-corrected chi connectivity index (χ4v) is 5.98. The van der Waals surface area contributed by atoms with Crippen LogP contribution < -0.4 is 0 Å². The van der Waals surface area contributed by atoms with E-state index in [1.165, 1.54) is 24.3 Å². The molecule has 0 bridgehead atoms. The Morgan fingerprint density at radius 3 is 1.56 bits per heavy atom. The molecule has 0 atom stereocenters. The summed E-state index contributed by atoms with van der Waals surface area (Å²) in [5.74, 6) is -0.0272. The van der Waals surface area contributed by atoms with Crippen LogP contribution in [0.5, 0.6) is 0 Å². The minimum absolute atomic E-state index is 0.350. The number of rotatable bonds is 5. The smallest absolute Gasteiger partial charge is 0.160 e. The van der Waals surface area contributed by atoms with Crippen LogP contribution in [0.15, 0.2) is 152 Å². The van der Waals surface area contributed by atoms with E-state index in [2.05, 4.69) is 42.5 Å². The van der Waals surface area contributed by atoms with E-state index in [1.54, 1.807) is 12.1 Å². The molecule has 0 aliphatic carbocycles. The van der Waals surface area contributed by atoms with E-state index in [0.29, 0.717) is 16.6 Å². The maximum atomic E-state index is 14.2. The normalized spacial score (nSPS) is 11.3. The topological polar surface area (TPSA) is 30.7 Å². The molecule has 3 nitrogen and oxygen atoms in total. The Hall–Kier alpha value is -5.94. The van der Waals surface area contributed by atoms with Crippen molar-refractivity contribution in [2.24, 2.45) is 0 Å². The number of nitrogens with zero attached hydrogens (tertiary/aromatic N) is 3. The summed E-state index contributed by atoms with van der Waals surface area (Å²) in [6.45, 7) is 0. The van der Waals surface area contributed by atoms with E-state index >= 15 is 0 Å². The molecule has 0 radical (unpaired) electrons. The highest BCUT2D eigenvalue weighted by molar-refractivity contribution is 6.09. The Bertz CT molecular complexity index is 2210. The number of aromatic nitrogens is 3.